The second-order valence-electron chi connectivity index (χ2n) is 6.41. The van der Waals surface area contributed by atoms with E-state index in [1.54, 1.807) is 0 Å². The fourth-order valence-electron chi connectivity index (χ4n) is 2.57. The minimum absolute atomic E-state index is 0.302. The molecule has 2 N–H and O–H groups in total. The number of aliphatic hydroxyl groups is 1. The number of hydrogen-bond donors (Lipinski definition) is 2. The molecule has 0 spiro atoms. The average Bonchev–Trinajstić information content (AvgIpc) is 2.57. The fourth-order valence-corrected chi connectivity index (χ4v) is 2.57. The molecule has 0 aliphatic carbocycles. The third kappa shape index (κ3) is 21.4. The van der Waals surface area contributed by atoms with Crippen molar-refractivity contribution in [2.24, 2.45) is 0 Å². The Balaban J connectivity index is 3.10. The first-order valence-electron chi connectivity index (χ1n) is 10.0. The zero-order valence-electron chi connectivity index (χ0n) is 15.6. The predicted molar refractivity (Wildman–Crippen MR) is 104 cm³/mol. The van der Waals surface area contributed by atoms with Gasteiger partial charge in [0, 0.05) is 6.61 Å². The largest absolute Gasteiger partial charge is 0.396 e. The molecule has 0 radical (unpaired) electrons. The van der Waals surface area contributed by atoms with Gasteiger partial charge in [0.05, 0.1) is 0 Å². The lowest BCUT2D eigenvalue weighted by molar-refractivity contribution is 0.286. The SMILES string of the molecule is CCCCCC=CCC=CCCCCCCCCNCCCO. The molecule has 0 amide bonds. The average molecular weight is 324 g/mol. The summed E-state index contributed by atoms with van der Waals surface area (Å²) < 4.78 is 0. The highest BCUT2D eigenvalue weighted by molar-refractivity contribution is 4.92. The Bertz CT molecular complexity index is 261. The van der Waals surface area contributed by atoms with Crippen LogP contribution in [-0.4, -0.2) is 24.8 Å². The predicted octanol–water partition coefficient (Wildman–Crippen LogP) is 5.77. The maximum Gasteiger partial charge on any atom is 0.0443 e. The van der Waals surface area contributed by atoms with E-state index < -0.39 is 0 Å². The molecule has 136 valence electrons. The summed E-state index contributed by atoms with van der Waals surface area (Å²) in [5, 5.41) is 12.0. The lowest BCUT2D eigenvalue weighted by atomic mass is 10.1. The molecule has 0 aliphatic rings. The molecule has 0 unspecified atom stereocenters. The van der Waals surface area contributed by atoms with Gasteiger partial charge < -0.3 is 10.4 Å². The molecule has 0 saturated carbocycles. The molecule has 2 nitrogen and oxygen atoms in total. The monoisotopic (exact) mass is 323 g/mol. The molecule has 2 heteroatoms. The highest BCUT2D eigenvalue weighted by Crippen LogP contribution is 2.07. The fraction of sp³-hybridized carbons (Fsp3) is 0.810. The van der Waals surface area contributed by atoms with Crippen LogP contribution in [-0.2, 0) is 0 Å². The maximum atomic E-state index is 8.66. The van der Waals surface area contributed by atoms with Gasteiger partial charge in [0.25, 0.3) is 0 Å². The first-order valence-corrected chi connectivity index (χ1v) is 10.0. The van der Waals surface area contributed by atoms with Crippen molar-refractivity contribution >= 4 is 0 Å². The van der Waals surface area contributed by atoms with Crippen molar-refractivity contribution in [2.75, 3.05) is 19.7 Å². The lowest BCUT2D eigenvalue weighted by Gasteiger charge is -2.03. The highest BCUT2D eigenvalue weighted by Gasteiger charge is 1.91. The van der Waals surface area contributed by atoms with Gasteiger partial charge >= 0.3 is 0 Å². The van der Waals surface area contributed by atoms with E-state index in [9.17, 15) is 0 Å². The van der Waals surface area contributed by atoms with Gasteiger partial charge in [-0.2, -0.15) is 0 Å². The maximum absolute atomic E-state index is 8.66. The molecule has 0 rings (SSSR count). The van der Waals surface area contributed by atoms with E-state index in [2.05, 4.69) is 36.5 Å². The van der Waals surface area contributed by atoms with Crippen molar-refractivity contribution < 1.29 is 5.11 Å². The quantitative estimate of drug-likeness (QED) is 0.248. The van der Waals surface area contributed by atoms with Gasteiger partial charge in [-0.15, -0.1) is 0 Å². The summed E-state index contributed by atoms with van der Waals surface area (Å²) in [5.41, 5.74) is 0. The molecule has 0 aliphatic heterocycles. The zero-order valence-corrected chi connectivity index (χ0v) is 15.6. The third-order valence-electron chi connectivity index (χ3n) is 4.07. The van der Waals surface area contributed by atoms with Crippen LogP contribution >= 0.6 is 0 Å². The van der Waals surface area contributed by atoms with Crippen LogP contribution in [0.25, 0.3) is 0 Å². The molecule has 0 atom stereocenters. The second kappa shape index (κ2) is 21.4. The lowest BCUT2D eigenvalue weighted by Crippen LogP contribution is -2.17. The Labute approximate surface area is 145 Å². The minimum atomic E-state index is 0.302. The third-order valence-corrected chi connectivity index (χ3v) is 4.07. The van der Waals surface area contributed by atoms with Crippen LogP contribution in [0.3, 0.4) is 0 Å². The molecular weight excluding hydrogens is 282 g/mol. The summed E-state index contributed by atoms with van der Waals surface area (Å²) >= 11 is 0. The Morgan fingerprint density at radius 1 is 0.652 bits per heavy atom. The minimum Gasteiger partial charge on any atom is -0.396 e. The van der Waals surface area contributed by atoms with Crippen LogP contribution < -0.4 is 5.32 Å². The number of allylic oxidation sites excluding steroid dienone is 4. The molecule has 0 saturated heterocycles. The van der Waals surface area contributed by atoms with Crippen LogP contribution in [0.2, 0.25) is 0 Å². The highest BCUT2D eigenvalue weighted by atomic mass is 16.3. The van der Waals surface area contributed by atoms with Gasteiger partial charge in [-0.05, 0) is 58.0 Å². The summed E-state index contributed by atoms with van der Waals surface area (Å²) in [6, 6.07) is 0. The second-order valence-corrected chi connectivity index (χ2v) is 6.41. The van der Waals surface area contributed by atoms with E-state index in [1.807, 2.05) is 0 Å². The Morgan fingerprint density at radius 2 is 1.22 bits per heavy atom. The zero-order chi connectivity index (χ0) is 16.8. The molecule has 0 fully saturated rings. The van der Waals surface area contributed by atoms with Crippen molar-refractivity contribution in [1.29, 1.82) is 0 Å². The number of unbranched alkanes of at least 4 members (excludes halogenated alkanes) is 9. The summed E-state index contributed by atoms with van der Waals surface area (Å²) in [6.07, 6.45) is 25.9. The summed E-state index contributed by atoms with van der Waals surface area (Å²) in [5.74, 6) is 0. The van der Waals surface area contributed by atoms with E-state index >= 15 is 0 Å². The van der Waals surface area contributed by atoms with Gasteiger partial charge in [0.1, 0.15) is 0 Å². The van der Waals surface area contributed by atoms with Crippen LogP contribution in [0.4, 0.5) is 0 Å². The number of nitrogens with one attached hydrogen (secondary N) is 1. The van der Waals surface area contributed by atoms with Gasteiger partial charge in [-0.3, -0.25) is 0 Å². The number of aliphatic hydroxyl groups excluding tert-OH is 1. The smallest absolute Gasteiger partial charge is 0.0443 e. The summed E-state index contributed by atoms with van der Waals surface area (Å²) in [6.45, 7) is 4.62. The topological polar surface area (TPSA) is 32.3 Å². The van der Waals surface area contributed by atoms with E-state index in [1.165, 1.54) is 70.6 Å². The van der Waals surface area contributed by atoms with Crippen LogP contribution in [0.1, 0.15) is 90.4 Å². The normalized spacial score (nSPS) is 11.9. The molecule has 0 aromatic rings. The Kier molecular flexibility index (Phi) is 20.8. The van der Waals surface area contributed by atoms with Gasteiger partial charge in [-0.25, -0.2) is 0 Å². The Hall–Kier alpha value is -0.600. The van der Waals surface area contributed by atoms with E-state index in [4.69, 9.17) is 5.11 Å². The van der Waals surface area contributed by atoms with Crippen molar-refractivity contribution in [1.82, 2.24) is 5.32 Å². The molecule has 0 aromatic carbocycles. The molecule has 0 heterocycles. The van der Waals surface area contributed by atoms with Crippen molar-refractivity contribution in [3.8, 4) is 0 Å². The van der Waals surface area contributed by atoms with Crippen LogP contribution in [0.5, 0.6) is 0 Å². The van der Waals surface area contributed by atoms with Crippen molar-refractivity contribution in [2.45, 2.75) is 90.4 Å². The summed E-state index contributed by atoms with van der Waals surface area (Å²) in [4.78, 5) is 0. The van der Waals surface area contributed by atoms with Gasteiger partial charge in [-0.1, -0.05) is 69.8 Å². The Morgan fingerprint density at radius 3 is 1.87 bits per heavy atom. The molecular formula is C21H41NO. The first-order chi connectivity index (χ1) is 11.4. The van der Waals surface area contributed by atoms with E-state index in [0.717, 1.165) is 25.9 Å². The van der Waals surface area contributed by atoms with Crippen LogP contribution in [0.15, 0.2) is 24.3 Å². The number of hydrogen-bond acceptors (Lipinski definition) is 2. The van der Waals surface area contributed by atoms with Gasteiger partial charge in [0.2, 0.25) is 0 Å². The van der Waals surface area contributed by atoms with Crippen LogP contribution in [0, 0.1) is 0 Å². The molecule has 0 aromatic heterocycles. The van der Waals surface area contributed by atoms with Gasteiger partial charge in [0.15, 0.2) is 0 Å². The van der Waals surface area contributed by atoms with Crippen molar-refractivity contribution in [3.05, 3.63) is 24.3 Å². The molecule has 0 bridgehead atoms. The molecule has 23 heavy (non-hydrogen) atoms. The summed E-state index contributed by atoms with van der Waals surface area (Å²) in [7, 11) is 0. The first kappa shape index (κ1) is 22.4. The van der Waals surface area contributed by atoms with Crippen molar-refractivity contribution in [3.63, 3.8) is 0 Å². The van der Waals surface area contributed by atoms with E-state index in [0.29, 0.717) is 6.61 Å². The number of rotatable bonds is 18. The standard InChI is InChI=1S/C21H41NO/c1-2-3-4-5-6-7-8-9-10-11-12-13-14-15-16-17-19-22-20-18-21-23/h6-7,9-10,22-23H,2-5,8,11-21H2,1H3. The van der Waals surface area contributed by atoms with E-state index in [-0.39, 0.29) is 0 Å².